The van der Waals surface area contributed by atoms with Crippen LogP contribution < -0.4 is 0 Å². The number of carboxylic acid groups (broad SMARTS) is 1. The van der Waals surface area contributed by atoms with Crippen molar-refractivity contribution in [3.63, 3.8) is 0 Å². The molecule has 1 aromatic carbocycles. The van der Waals surface area contributed by atoms with Gasteiger partial charge in [0.2, 0.25) is 0 Å². The van der Waals surface area contributed by atoms with E-state index in [1.165, 1.54) is 18.3 Å². The Morgan fingerprint density at radius 2 is 2.07 bits per heavy atom. The van der Waals surface area contributed by atoms with Crippen LogP contribution in [0.5, 0.6) is 5.75 Å². The zero-order chi connectivity index (χ0) is 10.1. The number of aromatic carboxylic acids is 1. The van der Waals surface area contributed by atoms with Crippen molar-refractivity contribution in [2.75, 3.05) is 0 Å². The second-order valence-electron chi connectivity index (χ2n) is 2.90. The van der Waals surface area contributed by atoms with Gasteiger partial charge in [0.05, 0.1) is 11.8 Å². The van der Waals surface area contributed by atoms with Crippen molar-refractivity contribution in [2.24, 2.45) is 0 Å². The predicted molar refractivity (Wildman–Crippen MR) is 50.4 cm³/mol. The molecule has 0 radical (unpaired) electrons. The lowest BCUT2D eigenvalue weighted by Gasteiger charge is -2.00. The molecular weight excluding hydrogens is 182 g/mol. The number of pyridine rings is 1. The van der Waals surface area contributed by atoms with Gasteiger partial charge < -0.3 is 10.2 Å². The third-order valence-corrected chi connectivity index (χ3v) is 1.99. The molecule has 4 heteroatoms. The van der Waals surface area contributed by atoms with Crippen LogP contribution in [0.2, 0.25) is 0 Å². The summed E-state index contributed by atoms with van der Waals surface area (Å²) in [5, 5.41) is 19.4. The molecule has 0 amide bonds. The normalized spacial score (nSPS) is 10.3. The number of hydrogen-bond donors (Lipinski definition) is 2. The second-order valence-corrected chi connectivity index (χ2v) is 2.90. The Morgan fingerprint density at radius 3 is 2.79 bits per heavy atom. The van der Waals surface area contributed by atoms with Gasteiger partial charge in [0.15, 0.2) is 0 Å². The highest BCUT2D eigenvalue weighted by molar-refractivity contribution is 5.96. The molecule has 0 unspecified atom stereocenters. The first-order valence-corrected chi connectivity index (χ1v) is 3.98. The molecule has 2 rings (SSSR count). The van der Waals surface area contributed by atoms with Crippen molar-refractivity contribution in [3.8, 4) is 5.75 Å². The van der Waals surface area contributed by atoms with E-state index in [9.17, 15) is 9.90 Å². The first-order valence-electron chi connectivity index (χ1n) is 3.98. The predicted octanol–water partition coefficient (Wildman–Crippen LogP) is 1.64. The van der Waals surface area contributed by atoms with Crippen LogP contribution in [0.3, 0.4) is 0 Å². The minimum atomic E-state index is -1.01. The summed E-state index contributed by atoms with van der Waals surface area (Å²) in [5.41, 5.74) is 0.152. The Kier molecular flexibility index (Phi) is 1.81. The largest absolute Gasteiger partial charge is 0.506 e. The quantitative estimate of drug-likeness (QED) is 0.715. The Hall–Kier alpha value is -2.10. The lowest BCUT2D eigenvalue weighted by atomic mass is 10.1. The summed E-state index contributed by atoms with van der Waals surface area (Å²) < 4.78 is 0. The van der Waals surface area contributed by atoms with E-state index in [2.05, 4.69) is 4.98 Å². The molecule has 0 aliphatic rings. The highest BCUT2D eigenvalue weighted by atomic mass is 16.4. The van der Waals surface area contributed by atoms with E-state index in [1.54, 1.807) is 12.3 Å². The summed E-state index contributed by atoms with van der Waals surface area (Å²) in [6.07, 6.45) is 2.86. The van der Waals surface area contributed by atoms with Crippen LogP contribution in [-0.4, -0.2) is 21.2 Å². The Morgan fingerprint density at radius 1 is 1.29 bits per heavy atom. The molecule has 0 fully saturated rings. The van der Waals surface area contributed by atoms with E-state index in [0.717, 1.165) is 5.39 Å². The molecule has 0 bridgehead atoms. The molecule has 0 saturated heterocycles. The summed E-state index contributed by atoms with van der Waals surface area (Å²) in [6.45, 7) is 0. The van der Waals surface area contributed by atoms with Crippen LogP contribution in [-0.2, 0) is 0 Å². The van der Waals surface area contributed by atoms with Crippen LogP contribution in [0, 0.1) is 0 Å². The monoisotopic (exact) mass is 189 g/mol. The van der Waals surface area contributed by atoms with E-state index in [-0.39, 0.29) is 11.3 Å². The van der Waals surface area contributed by atoms with Crippen LogP contribution in [0.1, 0.15) is 10.4 Å². The maximum absolute atomic E-state index is 10.7. The highest BCUT2D eigenvalue weighted by Gasteiger charge is 2.05. The average Bonchev–Trinajstić information content (AvgIpc) is 2.18. The lowest BCUT2D eigenvalue weighted by molar-refractivity contribution is 0.0697. The van der Waals surface area contributed by atoms with Gasteiger partial charge in [-0.2, -0.15) is 0 Å². The molecular formula is C10H7NO3. The number of carboxylic acids is 1. The Labute approximate surface area is 79.4 Å². The van der Waals surface area contributed by atoms with Gasteiger partial charge in [-0.05, 0) is 12.1 Å². The third kappa shape index (κ3) is 1.26. The van der Waals surface area contributed by atoms with E-state index in [1.807, 2.05) is 0 Å². The van der Waals surface area contributed by atoms with E-state index >= 15 is 0 Å². The van der Waals surface area contributed by atoms with Gasteiger partial charge in [-0.3, -0.25) is 4.98 Å². The fraction of sp³-hybridized carbons (Fsp3) is 0. The number of aromatic hydroxyl groups is 1. The third-order valence-electron chi connectivity index (χ3n) is 1.99. The minimum Gasteiger partial charge on any atom is -0.506 e. The van der Waals surface area contributed by atoms with Gasteiger partial charge in [0, 0.05) is 17.0 Å². The Balaban J connectivity index is 2.76. The molecule has 14 heavy (non-hydrogen) atoms. The van der Waals surface area contributed by atoms with Crippen molar-refractivity contribution in [2.45, 2.75) is 0 Å². The lowest BCUT2D eigenvalue weighted by Crippen LogP contribution is -1.95. The van der Waals surface area contributed by atoms with Crippen LogP contribution in [0.4, 0.5) is 0 Å². The maximum atomic E-state index is 10.7. The van der Waals surface area contributed by atoms with Crippen molar-refractivity contribution < 1.29 is 15.0 Å². The summed E-state index contributed by atoms with van der Waals surface area (Å²) in [5.74, 6) is -1.02. The van der Waals surface area contributed by atoms with Crippen molar-refractivity contribution >= 4 is 16.7 Å². The number of hydrogen-bond acceptors (Lipinski definition) is 3. The SMILES string of the molecule is O=C(O)c1ccc2cncc(O)c2c1. The molecule has 0 aliphatic carbocycles. The van der Waals surface area contributed by atoms with Crippen molar-refractivity contribution in [1.82, 2.24) is 4.98 Å². The molecule has 70 valence electrons. The van der Waals surface area contributed by atoms with Crippen LogP contribution in [0.25, 0.3) is 10.8 Å². The molecule has 0 atom stereocenters. The molecule has 2 aromatic rings. The average molecular weight is 189 g/mol. The molecule has 4 nitrogen and oxygen atoms in total. The standard InChI is InChI=1S/C10H7NO3/c12-9-5-11-4-7-2-1-6(10(13)14)3-8(7)9/h1-5,12H,(H,13,14). The number of fused-ring (bicyclic) bond motifs is 1. The van der Waals surface area contributed by atoms with Gasteiger partial charge in [-0.1, -0.05) is 6.07 Å². The minimum absolute atomic E-state index is 0.00870. The zero-order valence-corrected chi connectivity index (χ0v) is 7.14. The molecule has 2 N–H and O–H groups in total. The van der Waals surface area contributed by atoms with Gasteiger partial charge in [0.25, 0.3) is 0 Å². The summed E-state index contributed by atoms with van der Waals surface area (Å²) in [4.78, 5) is 14.4. The first kappa shape index (κ1) is 8.50. The van der Waals surface area contributed by atoms with E-state index < -0.39 is 5.97 Å². The number of carbonyl (C=O) groups is 1. The molecule has 0 saturated carbocycles. The second kappa shape index (κ2) is 2.99. The molecule has 1 aromatic heterocycles. The maximum Gasteiger partial charge on any atom is 0.335 e. The van der Waals surface area contributed by atoms with Gasteiger partial charge in [0.1, 0.15) is 5.75 Å². The summed E-state index contributed by atoms with van der Waals surface area (Å²) in [6, 6.07) is 4.52. The smallest absolute Gasteiger partial charge is 0.335 e. The van der Waals surface area contributed by atoms with Gasteiger partial charge in [-0.15, -0.1) is 0 Å². The van der Waals surface area contributed by atoms with Crippen molar-refractivity contribution in [1.29, 1.82) is 0 Å². The number of rotatable bonds is 1. The van der Waals surface area contributed by atoms with Crippen molar-refractivity contribution in [3.05, 3.63) is 36.2 Å². The number of nitrogens with zero attached hydrogens (tertiary/aromatic N) is 1. The fourth-order valence-electron chi connectivity index (χ4n) is 1.28. The van der Waals surface area contributed by atoms with E-state index in [0.29, 0.717) is 5.39 Å². The topological polar surface area (TPSA) is 70.4 Å². The summed E-state index contributed by atoms with van der Waals surface area (Å²) >= 11 is 0. The van der Waals surface area contributed by atoms with E-state index in [4.69, 9.17) is 5.11 Å². The number of aromatic nitrogens is 1. The molecule has 0 aliphatic heterocycles. The van der Waals surface area contributed by atoms with Gasteiger partial charge >= 0.3 is 5.97 Å². The van der Waals surface area contributed by atoms with Gasteiger partial charge in [-0.25, -0.2) is 4.79 Å². The fourth-order valence-corrected chi connectivity index (χ4v) is 1.28. The Bertz CT molecular complexity index is 508. The number of benzene rings is 1. The summed E-state index contributed by atoms with van der Waals surface area (Å²) in [7, 11) is 0. The first-order chi connectivity index (χ1) is 6.68. The molecule has 0 spiro atoms. The van der Waals surface area contributed by atoms with Crippen LogP contribution >= 0.6 is 0 Å². The molecule has 1 heterocycles. The zero-order valence-electron chi connectivity index (χ0n) is 7.14. The highest BCUT2D eigenvalue weighted by Crippen LogP contribution is 2.23. The van der Waals surface area contributed by atoms with Crippen LogP contribution in [0.15, 0.2) is 30.6 Å².